The van der Waals surface area contributed by atoms with Gasteiger partial charge in [-0.05, 0) is 50.0 Å². The van der Waals surface area contributed by atoms with E-state index in [0.29, 0.717) is 18.1 Å². The molecule has 1 rings (SSSR count). The maximum absolute atomic E-state index is 8.67. The molecule has 0 spiro atoms. The average Bonchev–Trinajstić information content (AvgIpc) is 2.39. The van der Waals surface area contributed by atoms with Crippen LogP contribution in [0.4, 0.5) is 0 Å². The fourth-order valence-electron chi connectivity index (χ4n) is 2.87. The van der Waals surface area contributed by atoms with Gasteiger partial charge in [0.1, 0.15) is 0 Å². The van der Waals surface area contributed by atoms with Gasteiger partial charge in [-0.1, -0.05) is 20.8 Å². The van der Waals surface area contributed by atoms with Crippen molar-refractivity contribution in [2.24, 2.45) is 11.3 Å². The lowest BCUT2D eigenvalue weighted by atomic mass is 9.91. The Labute approximate surface area is 94.5 Å². The molecule has 0 radical (unpaired) electrons. The third-order valence-electron chi connectivity index (χ3n) is 3.58. The molecule has 2 heteroatoms. The Hall–Kier alpha value is -0.0800. The standard InChI is InChI=1S/C13H27NO/c1-11-9-13(2,3)10-12(11)14-7-5-4-6-8-15/h11-12,14-15H,4-10H2,1-3H3. The Morgan fingerprint density at radius 1 is 1.20 bits per heavy atom. The van der Waals surface area contributed by atoms with E-state index in [2.05, 4.69) is 26.1 Å². The van der Waals surface area contributed by atoms with Crippen LogP contribution < -0.4 is 5.32 Å². The van der Waals surface area contributed by atoms with Crippen molar-refractivity contribution in [1.82, 2.24) is 5.32 Å². The molecule has 2 unspecified atom stereocenters. The molecular formula is C13H27NO. The smallest absolute Gasteiger partial charge is 0.0431 e. The molecular weight excluding hydrogens is 186 g/mol. The highest BCUT2D eigenvalue weighted by Crippen LogP contribution is 2.40. The first-order chi connectivity index (χ1) is 7.05. The molecule has 2 nitrogen and oxygen atoms in total. The van der Waals surface area contributed by atoms with Crippen LogP contribution in [-0.2, 0) is 0 Å². The summed E-state index contributed by atoms with van der Waals surface area (Å²) in [6.45, 7) is 8.56. The Kier molecular flexibility index (Phi) is 5.07. The number of hydrogen-bond donors (Lipinski definition) is 2. The summed E-state index contributed by atoms with van der Waals surface area (Å²) in [5.41, 5.74) is 0.530. The van der Waals surface area contributed by atoms with Gasteiger partial charge in [0, 0.05) is 12.6 Å². The molecule has 0 aromatic heterocycles. The predicted molar refractivity (Wildman–Crippen MR) is 64.9 cm³/mol. The minimum absolute atomic E-state index is 0.340. The maximum Gasteiger partial charge on any atom is 0.0431 e. The van der Waals surface area contributed by atoms with E-state index in [-0.39, 0.29) is 0 Å². The minimum atomic E-state index is 0.340. The van der Waals surface area contributed by atoms with Crippen molar-refractivity contribution in [3.8, 4) is 0 Å². The lowest BCUT2D eigenvalue weighted by Gasteiger charge is -2.18. The van der Waals surface area contributed by atoms with Gasteiger partial charge in [0.25, 0.3) is 0 Å². The van der Waals surface area contributed by atoms with Crippen LogP contribution in [0, 0.1) is 11.3 Å². The predicted octanol–water partition coefficient (Wildman–Crippen LogP) is 2.56. The molecule has 15 heavy (non-hydrogen) atoms. The van der Waals surface area contributed by atoms with E-state index in [1.165, 1.54) is 19.3 Å². The zero-order valence-electron chi connectivity index (χ0n) is 10.6. The minimum Gasteiger partial charge on any atom is -0.396 e. The summed E-state index contributed by atoms with van der Waals surface area (Å²) in [6, 6.07) is 0.717. The zero-order valence-corrected chi connectivity index (χ0v) is 10.6. The van der Waals surface area contributed by atoms with Gasteiger partial charge < -0.3 is 10.4 Å². The highest BCUT2D eigenvalue weighted by Gasteiger charge is 2.35. The fourth-order valence-corrected chi connectivity index (χ4v) is 2.87. The first-order valence-corrected chi connectivity index (χ1v) is 6.39. The van der Waals surface area contributed by atoms with Crippen molar-refractivity contribution in [3.05, 3.63) is 0 Å². The second kappa shape index (κ2) is 5.86. The Bertz CT molecular complexity index is 179. The second-order valence-electron chi connectivity index (χ2n) is 5.89. The quantitative estimate of drug-likeness (QED) is 0.665. The van der Waals surface area contributed by atoms with Crippen LogP contribution in [0.15, 0.2) is 0 Å². The van der Waals surface area contributed by atoms with Crippen LogP contribution in [-0.4, -0.2) is 24.3 Å². The van der Waals surface area contributed by atoms with Gasteiger partial charge in [-0.25, -0.2) is 0 Å². The van der Waals surface area contributed by atoms with E-state index < -0.39 is 0 Å². The topological polar surface area (TPSA) is 32.3 Å². The van der Waals surface area contributed by atoms with Crippen molar-refractivity contribution in [3.63, 3.8) is 0 Å². The van der Waals surface area contributed by atoms with Crippen LogP contribution in [0.5, 0.6) is 0 Å². The first-order valence-electron chi connectivity index (χ1n) is 6.39. The molecule has 2 N–H and O–H groups in total. The monoisotopic (exact) mass is 213 g/mol. The Morgan fingerprint density at radius 3 is 2.47 bits per heavy atom. The van der Waals surface area contributed by atoms with Gasteiger partial charge in [-0.15, -0.1) is 0 Å². The van der Waals surface area contributed by atoms with Crippen LogP contribution in [0.2, 0.25) is 0 Å². The van der Waals surface area contributed by atoms with Crippen LogP contribution in [0.1, 0.15) is 52.9 Å². The maximum atomic E-state index is 8.67. The van der Waals surface area contributed by atoms with Crippen molar-refractivity contribution < 1.29 is 5.11 Å². The highest BCUT2D eigenvalue weighted by atomic mass is 16.2. The summed E-state index contributed by atoms with van der Waals surface area (Å²) >= 11 is 0. The van der Waals surface area contributed by atoms with Crippen molar-refractivity contribution in [2.75, 3.05) is 13.2 Å². The van der Waals surface area contributed by atoms with E-state index in [1.54, 1.807) is 0 Å². The number of aliphatic hydroxyl groups excluding tert-OH is 1. The molecule has 0 bridgehead atoms. The van der Waals surface area contributed by atoms with Gasteiger partial charge in [-0.2, -0.15) is 0 Å². The van der Waals surface area contributed by atoms with Crippen LogP contribution in [0.3, 0.4) is 0 Å². The van der Waals surface area contributed by atoms with Crippen molar-refractivity contribution >= 4 is 0 Å². The fraction of sp³-hybridized carbons (Fsp3) is 1.00. The number of rotatable bonds is 6. The molecule has 0 amide bonds. The van der Waals surface area contributed by atoms with Crippen LogP contribution in [0.25, 0.3) is 0 Å². The summed E-state index contributed by atoms with van der Waals surface area (Å²) in [5.74, 6) is 0.817. The number of aliphatic hydroxyl groups is 1. The van der Waals surface area contributed by atoms with Gasteiger partial charge in [0.15, 0.2) is 0 Å². The molecule has 1 aliphatic rings. The van der Waals surface area contributed by atoms with Crippen LogP contribution >= 0.6 is 0 Å². The lowest BCUT2D eigenvalue weighted by Crippen LogP contribution is -2.32. The molecule has 2 atom stereocenters. The molecule has 0 aromatic rings. The van der Waals surface area contributed by atoms with Gasteiger partial charge in [0.2, 0.25) is 0 Å². The zero-order chi connectivity index (χ0) is 11.3. The molecule has 90 valence electrons. The van der Waals surface area contributed by atoms with Gasteiger partial charge in [-0.3, -0.25) is 0 Å². The second-order valence-corrected chi connectivity index (χ2v) is 5.89. The average molecular weight is 213 g/mol. The van der Waals surface area contributed by atoms with Gasteiger partial charge in [0.05, 0.1) is 0 Å². The summed E-state index contributed by atoms with van der Waals surface area (Å²) in [6.07, 6.45) is 5.96. The van der Waals surface area contributed by atoms with E-state index in [4.69, 9.17) is 5.11 Å². The molecule has 0 heterocycles. The van der Waals surface area contributed by atoms with Gasteiger partial charge >= 0.3 is 0 Å². The number of unbranched alkanes of at least 4 members (excludes halogenated alkanes) is 2. The Morgan fingerprint density at radius 2 is 1.93 bits per heavy atom. The van der Waals surface area contributed by atoms with E-state index in [9.17, 15) is 0 Å². The highest BCUT2D eigenvalue weighted by molar-refractivity contribution is 4.90. The summed E-state index contributed by atoms with van der Waals surface area (Å²) in [7, 11) is 0. The third kappa shape index (κ3) is 4.52. The van der Waals surface area contributed by atoms with Crippen molar-refractivity contribution in [1.29, 1.82) is 0 Å². The van der Waals surface area contributed by atoms with Crippen molar-refractivity contribution in [2.45, 2.75) is 58.9 Å². The number of hydrogen-bond acceptors (Lipinski definition) is 2. The molecule has 0 aliphatic heterocycles. The lowest BCUT2D eigenvalue weighted by molar-refractivity contribution is 0.282. The first kappa shape index (κ1) is 13.0. The number of nitrogens with one attached hydrogen (secondary N) is 1. The van der Waals surface area contributed by atoms with E-state index in [0.717, 1.165) is 25.3 Å². The largest absolute Gasteiger partial charge is 0.396 e. The molecule has 0 aromatic carbocycles. The Balaban J connectivity index is 2.11. The molecule has 0 saturated heterocycles. The SMILES string of the molecule is CC1CC(C)(C)CC1NCCCCCO. The molecule has 1 fully saturated rings. The van der Waals surface area contributed by atoms with E-state index >= 15 is 0 Å². The summed E-state index contributed by atoms with van der Waals surface area (Å²) < 4.78 is 0. The summed E-state index contributed by atoms with van der Waals surface area (Å²) in [5, 5.41) is 12.3. The third-order valence-corrected chi connectivity index (χ3v) is 3.58. The van der Waals surface area contributed by atoms with E-state index in [1.807, 2.05) is 0 Å². The summed E-state index contributed by atoms with van der Waals surface area (Å²) in [4.78, 5) is 0. The normalized spacial score (nSPS) is 29.6. The molecule has 1 aliphatic carbocycles. The molecule has 1 saturated carbocycles.